The highest BCUT2D eigenvalue weighted by Crippen LogP contribution is 2.26. The van der Waals surface area contributed by atoms with E-state index < -0.39 is 21.7 Å². The molecule has 0 spiro atoms. The van der Waals surface area contributed by atoms with Gasteiger partial charge in [0, 0.05) is 23.2 Å². The molecule has 2 aromatic carbocycles. The van der Waals surface area contributed by atoms with Crippen LogP contribution in [0.3, 0.4) is 0 Å². The Balaban J connectivity index is 1.85. The fourth-order valence-electron chi connectivity index (χ4n) is 3.15. The van der Waals surface area contributed by atoms with Gasteiger partial charge in [-0.25, -0.2) is 12.8 Å². The van der Waals surface area contributed by atoms with Crippen molar-refractivity contribution in [3.63, 3.8) is 0 Å². The van der Waals surface area contributed by atoms with Crippen molar-refractivity contribution in [2.45, 2.75) is 37.1 Å². The second kappa shape index (κ2) is 7.96. The van der Waals surface area contributed by atoms with Crippen LogP contribution in [0.15, 0.2) is 47.4 Å². The van der Waals surface area contributed by atoms with Gasteiger partial charge in [-0.05, 0) is 56.2 Å². The molecule has 0 aliphatic carbocycles. The van der Waals surface area contributed by atoms with Gasteiger partial charge in [-0.2, -0.15) is 4.31 Å². The molecule has 1 N–H and O–H groups in total. The molecule has 1 saturated heterocycles. The van der Waals surface area contributed by atoms with Gasteiger partial charge in [-0.3, -0.25) is 4.79 Å². The van der Waals surface area contributed by atoms with Crippen molar-refractivity contribution in [1.29, 1.82) is 0 Å². The smallest absolute Gasteiger partial charge is 0.255 e. The van der Waals surface area contributed by atoms with Crippen molar-refractivity contribution in [2.24, 2.45) is 0 Å². The highest BCUT2D eigenvalue weighted by Gasteiger charge is 2.31. The summed E-state index contributed by atoms with van der Waals surface area (Å²) < 4.78 is 41.2. The number of amides is 1. The standard InChI is InChI=1S/C19H20ClFN2O3S/c1-13-5-2-3-10-23(13)27(25,26)16-7-4-6-14(11-16)19(24)22-18-9-8-15(20)12-17(18)21/h4,6-9,11-13H,2-3,5,10H2,1H3,(H,22,24). The number of piperidine rings is 1. The molecule has 1 aliphatic heterocycles. The van der Waals surface area contributed by atoms with E-state index in [4.69, 9.17) is 11.6 Å². The van der Waals surface area contributed by atoms with Crippen LogP contribution in [-0.2, 0) is 10.0 Å². The summed E-state index contributed by atoms with van der Waals surface area (Å²) in [5, 5.41) is 2.66. The van der Waals surface area contributed by atoms with E-state index in [2.05, 4.69) is 5.32 Å². The Hall–Kier alpha value is -1.96. The van der Waals surface area contributed by atoms with Crippen molar-refractivity contribution in [1.82, 2.24) is 4.31 Å². The Labute approximate surface area is 163 Å². The van der Waals surface area contributed by atoms with Gasteiger partial charge in [-0.15, -0.1) is 0 Å². The second-order valence-corrected chi connectivity index (χ2v) is 8.89. The topological polar surface area (TPSA) is 66.5 Å². The molecule has 0 aromatic heterocycles. The van der Waals surface area contributed by atoms with Crippen molar-refractivity contribution in [2.75, 3.05) is 11.9 Å². The summed E-state index contributed by atoms with van der Waals surface area (Å²) in [4.78, 5) is 12.5. The Morgan fingerprint density at radius 2 is 2.00 bits per heavy atom. The fourth-order valence-corrected chi connectivity index (χ4v) is 5.05. The van der Waals surface area contributed by atoms with Crippen LogP contribution in [0.5, 0.6) is 0 Å². The fraction of sp³-hybridized carbons (Fsp3) is 0.316. The highest BCUT2D eigenvalue weighted by molar-refractivity contribution is 7.89. The van der Waals surface area contributed by atoms with E-state index in [0.29, 0.717) is 6.54 Å². The van der Waals surface area contributed by atoms with Crippen LogP contribution in [0.4, 0.5) is 10.1 Å². The van der Waals surface area contributed by atoms with Gasteiger partial charge in [0.2, 0.25) is 10.0 Å². The number of hydrogen-bond acceptors (Lipinski definition) is 3. The lowest BCUT2D eigenvalue weighted by Crippen LogP contribution is -2.41. The van der Waals surface area contributed by atoms with Crippen LogP contribution in [0.25, 0.3) is 0 Å². The number of carbonyl (C=O) groups excluding carboxylic acids is 1. The van der Waals surface area contributed by atoms with E-state index in [1.54, 1.807) is 0 Å². The van der Waals surface area contributed by atoms with Crippen LogP contribution in [-0.4, -0.2) is 31.2 Å². The summed E-state index contributed by atoms with van der Waals surface area (Å²) in [6.07, 6.45) is 2.64. The van der Waals surface area contributed by atoms with E-state index >= 15 is 0 Å². The molecule has 2 aromatic rings. The van der Waals surface area contributed by atoms with E-state index in [-0.39, 0.29) is 27.2 Å². The summed E-state index contributed by atoms with van der Waals surface area (Å²) in [5.74, 6) is -1.26. The van der Waals surface area contributed by atoms with E-state index in [1.807, 2.05) is 6.92 Å². The minimum atomic E-state index is -3.69. The van der Waals surface area contributed by atoms with Gasteiger partial charge < -0.3 is 5.32 Å². The number of rotatable bonds is 4. The third kappa shape index (κ3) is 4.31. The Bertz CT molecular complexity index is 965. The molecule has 0 bridgehead atoms. The molecule has 1 atom stereocenters. The zero-order valence-electron chi connectivity index (χ0n) is 14.8. The van der Waals surface area contributed by atoms with Gasteiger partial charge in [0.15, 0.2) is 0 Å². The van der Waals surface area contributed by atoms with Crippen LogP contribution < -0.4 is 5.32 Å². The van der Waals surface area contributed by atoms with E-state index in [1.165, 1.54) is 40.7 Å². The van der Waals surface area contributed by atoms with Crippen LogP contribution in [0.1, 0.15) is 36.5 Å². The summed E-state index contributed by atoms with van der Waals surface area (Å²) in [7, 11) is -3.69. The quantitative estimate of drug-likeness (QED) is 0.817. The first-order chi connectivity index (χ1) is 12.8. The molecule has 0 radical (unpaired) electrons. The third-order valence-corrected chi connectivity index (χ3v) is 6.87. The first-order valence-electron chi connectivity index (χ1n) is 8.67. The first kappa shape index (κ1) is 19.8. The van der Waals surface area contributed by atoms with Crippen LogP contribution in [0, 0.1) is 5.82 Å². The van der Waals surface area contributed by atoms with Gasteiger partial charge >= 0.3 is 0 Å². The summed E-state index contributed by atoms with van der Waals surface area (Å²) in [6.45, 7) is 2.35. The van der Waals surface area contributed by atoms with Gasteiger partial charge in [0.05, 0.1) is 10.6 Å². The molecule has 1 aliphatic rings. The molecule has 27 heavy (non-hydrogen) atoms. The number of benzene rings is 2. The molecular formula is C19H20ClFN2O3S. The largest absolute Gasteiger partial charge is 0.319 e. The SMILES string of the molecule is CC1CCCCN1S(=O)(=O)c1cccc(C(=O)Nc2ccc(Cl)cc2F)c1. The summed E-state index contributed by atoms with van der Waals surface area (Å²) in [6, 6.07) is 9.61. The van der Waals surface area contributed by atoms with E-state index in [0.717, 1.165) is 25.3 Å². The lowest BCUT2D eigenvalue weighted by molar-refractivity contribution is 0.102. The zero-order chi connectivity index (χ0) is 19.6. The minimum absolute atomic E-state index is 0.0256. The van der Waals surface area contributed by atoms with Gasteiger partial charge in [0.25, 0.3) is 5.91 Å². The molecule has 144 valence electrons. The normalized spacial score (nSPS) is 18.3. The van der Waals surface area contributed by atoms with Gasteiger partial charge in [0.1, 0.15) is 5.82 Å². The number of halogens is 2. The van der Waals surface area contributed by atoms with Crippen molar-refractivity contribution >= 4 is 33.2 Å². The molecule has 5 nitrogen and oxygen atoms in total. The van der Waals surface area contributed by atoms with Crippen molar-refractivity contribution in [3.8, 4) is 0 Å². The second-order valence-electron chi connectivity index (χ2n) is 6.57. The molecule has 1 amide bonds. The van der Waals surface area contributed by atoms with Gasteiger partial charge in [-0.1, -0.05) is 24.1 Å². The van der Waals surface area contributed by atoms with E-state index in [9.17, 15) is 17.6 Å². The number of hydrogen-bond donors (Lipinski definition) is 1. The molecule has 8 heteroatoms. The Morgan fingerprint density at radius 3 is 2.70 bits per heavy atom. The predicted octanol–water partition coefficient (Wildman–Crippen LogP) is 4.29. The maximum atomic E-state index is 13.9. The zero-order valence-corrected chi connectivity index (χ0v) is 16.4. The third-order valence-electron chi connectivity index (χ3n) is 4.62. The minimum Gasteiger partial charge on any atom is -0.319 e. The monoisotopic (exact) mass is 410 g/mol. The highest BCUT2D eigenvalue weighted by atomic mass is 35.5. The summed E-state index contributed by atoms with van der Waals surface area (Å²) in [5.41, 5.74) is 0.109. The molecular weight excluding hydrogens is 391 g/mol. The number of anilines is 1. The number of carbonyl (C=O) groups is 1. The molecule has 1 unspecified atom stereocenters. The maximum Gasteiger partial charge on any atom is 0.255 e. The molecule has 3 rings (SSSR count). The average molecular weight is 411 g/mol. The lowest BCUT2D eigenvalue weighted by atomic mass is 10.1. The number of nitrogens with one attached hydrogen (secondary N) is 1. The van der Waals surface area contributed by atoms with Crippen LogP contribution in [0.2, 0.25) is 5.02 Å². The van der Waals surface area contributed by atoms with Crippen molar-refractivity contribution < 1.29 is 17.6 Å². The average Bonchev–Trinajstić information content (AvgIpc) is 2.64. The lowest BCUT2D eigenvalue weighted by Gasteiger charge is -2.32. The maximum absolute atomic E-state index is 13.9. The number of sulfonamides is 1. The van der Waals surface area contributed by atoms with Crippen LogP contribution >= 0.6 is 11.6 Å². The molecule has 1 heterocycles. The summed E-state index contributed by atoms with van der Waals surface area (Å²) >= 11 is 5.70. The Kier molecular flexibility index (Phi) is 5.83. The number of nitrogens with zero attached hydrogens (tertiary/aromatic N) is 1. The first-order valence-corrected chi connectivity index (χ1v) is 10.5. The molecule has 0 saturated carbocycles. The Morgan fingerprint density at radius 1 is 1.22 bits per heavy atom. The van der Waals surface area contributed by atoms with Crippen molar-refractivity contribution in [3.05, 3.63) is 58.9 Å². The molecule has 1 fully saturated rings. The predicted molar refractivity (Wildman–Crippen MR) is 103 cm³/mol.